The maximum Gasteiger partial charge on any atom is 0.238 e. The van der Waals surface area contributed by atoms with Gasteiger partial charge < -0.3 is 4.74 Å². The molecule has 1 aromatic heterocycles. The summed E-state index contributed by atoms with van der Waals surface area (Å²) < 4.78 is 28.1. The third-order valence-corrected chi connectivity index (χ3v) is 5.17. The van der Waals surface area contributed by atoms with Crippen LogP contribution in [-0.2, 0) is 16.4 Å². The minimum atomic E-state index is -3.86. The van der Waals surface area contributed by atoms with Crippen molar-refractivity contribution in [1.82, 2.24) is 4.98 Å². The number of primary sulfonamides is 1. The highest BCUT2D eigenvalue weighted by molar-refractivity contribution is 7.89. The Labute approximate surface area is 136 Å². The van der Waals surface area contributed by atoms with Gasteiger partial charge in [-0.05, 0) is 19.1 Å². The SMILES string of the molecule is Cc1ncsc1CCOc1c(Cl)cc(S(N)(=O)=O)cc1Cl. The van der Waals surface area contributed by atoms with Crippen molar-refractivity contribution >= 4 is 44.6 Å². The van der Waals surface area contributed by atoms with Gasteiger partial charge in [-0.25, -0.2) is 18.5 Å². The van der Waals surface area contributed by atoms with Crippen molar-refractivity contribution in [2.75, 3.05) is 6.61 Å². The first-order chi connectivity index (χ1) is 9.79. The normalized spacial score (nSPS) is 11.6. The molecule has 9 heteroatoms. The molecule has 2 N–H and O–H groups in total. The van der Waals surface area contributed by atoms with Crippen LogP contribution < -0.4 is 9.88 Å². The lowest BCUT2D eigenvalue weighted by atomic mass is 10.3. The van der Waals surface area contributed by atoms with Gasteiger partial charge in [0.05, 0.1) is 32.8 Å². The lowest BCUT2D eigenvalue weighted by Crippen LogP contribution is -2.12. The van der Waals surface area contributed by atoms with Gasteiger partial charge in [0.15, 0.2) is 5.75 Å². The first-order valence-corrected chi connectivity index (χ1v) is 9.01. The Balaban J connectivity index is 2.12. The Kier molecular flexibility index (Phi) is 5.11. The molecule has 0 aliphatic rings. The maximum atomic E-state index is 11.3. The summed E-state index contributed by atoms with van der Waals surface area (Å²) in [7, 11) is -3.86. The predicted octanol–water partition coefficient (Wildman–Crippen LogP) is 3.03. The summed E-state index contributed by atoms with van der Waals surface area (Å²) in [5, 5.41) is 5.24. The highest BCUT2D eigenvalue weighted by Crippen LogP contribution is 2.35. The lowest BCUT2D eigenvalue weighted by molar-refractivity contribution is 0.323. The Hall–Kier alpha value is -0.860. The molecule has 1 aromatic carbocycles. The number of hydrogen-bond acceptors (Lipinski definition) is 5. The summed E-state index contributed by atoms with van der Waals surface area (Å²) >= 11 is 13.5. The van der Waals surface area contributed by atoms with E-state index in [0.29, 0.717) is 13.0 Å². The smallest absolute Gasteiger partial charge is 0.238 e. The summed E-state index contributed by atoms with van der Waals surface area (Å²) in [4.78, 5) is 5.11. The van der Waals surface area contributed by atoms with Crippen LogP contribution in [0.5, 0.6) is 5.75 Å². The third-order valence-electron chi connectivity index (χ3n) is 2.72. The number of benzene rings is 1. The molecule has 0 radical (unpaired) electrons. The van der Waals surface area contributed by atoms with Crippen molar-refractivity contribution in [1.29, 1.82) is 0 Å². The third kappa shape index (κ3) is 4.08. The number of aryl methyl sites for hydroxylation is 1. The Morgan fingerprint density at radius 3 is 2.43 bits per heavy atom. The zero-order chi connectivity index (χ0) is 15.6. The van der Waals surface area contributed by atoms with E-state index in [0.717, 1.165) is 10.6 Å². The fourth-order valence-corrected chi connectivity index (χ4v) is 3.70. The Morgan fingerprint density at radius 2 is 1.95 bits per heavy atom. The van der Waals surface area contributed by atoms with E-state index in [4.69, 9.17) is 33.1 Å². The molecule has 2 aromatic rings. The van der Waals surface area contributed by atoms with Crippen LogP contribution in [0, 0.1) is 6.92 Å². The predicted molar refractivity (Wildman–Crippen MR) is 83.9 cm³/mol. The highest BCUT2D eigenvalue weighted by Gasteiger charge is 2.16. The minimum absolute atomic E-state index is 0.104. The molecule has 0 saturated carbocycles. The molecule has 0 bridgehead atoms. The van der Waals surface area contributed by atoms with Gasteiger partial charge in [0.2, 0.25) is 10.0 Å². The molecule has 0 saturated heterocycles. The van der Waals surface area contributed by atoms with Gasteiger partial charge in [-0.15, -0.1) is 11.3 Å². The zero-order valence-corrected chi connectivity index (χ0v) is 14.1. The van der Waals surface area contributed by atoms with Crippen molar-refractivity contribution in [2.24, 2.45) is 5.14 Å². The van der Waals surface area contributed by atoms with E-state index in [2.05, 4.69) is 4.98 Å². The van der Waals surface area contributed by atoms with E-state index in [9.17, 15) is 8.42 Å². The van der Waals surface area contributed by atoms with Gasteiger partial charge in [-0.2, -0.15) is 0 Å². The van der Waals surface area contributed by atoms with Gasteiger partial charge in [0, 0.05) is 11.3 Å². The van der Waals surface area contributed by atoms with Gasteiger partial charge in [0.1, 0.15) is 0 Å². The monoisotopic (exact) mass is 366 g/mol. The molecule has 0 aliphatic heterocycles. The molecule has 5 nitrogen and oxygen atoms in total. The van der Waals surface area contributed by atoms with Gasteiger partial charge in [0.25, 0.3) is 0 Å². The van der Waals surface area contributed by atoms with E-state index in [-0.39, 0.29) is 20.7 Å². The summed E-state index contributed by atoms with van der Waals surface area (Å²) in [6.07, 6.45) is 0.667. The quantitative estimate of drug-likeness (QED) is 0.881. The molecule has 0 atom stereocenters. The average Bonchev–Trinajstić information content (AvgIpc) is 2.77. The number of halogens is 2. The Bertz CT molecular complexity index is 737. The topological polar surface area (TPSA) is 82.3 Å². The van der Waals surface area contributed by atoms with Crippen molar-refractivity contribution in [3.05, 3.63) is 38.3 Å². The lowest BCUT2D eigenvalue weighted by Gasteiger charge is -2.11. The second-order valence-corrected chi connectivity index (χ2v) is 7.54. The molecule has 1 heterocycles. The van der Waals surface area contributed by atoms with Gasteiger partial charge in [-0.1, -0.05) is 23.2 Å². The highest BCUT2D eigenvalue weighted by atomic mass is 35.5. The second-order valence-electron chi connectivity index (χ2n) is 4.22. The van der Waals surface area contributed by atoms with E-state index < -0.39 is 10.0 Å². The van der Waals surface area contributed by atoms with Crippen molar-refractivity contribution in [3.63, 3.8) is 0 Å². The molecule has 0 unspecified atom stereocenters. The van der Waals surface area contributed by atoms with E-state index >= 15 is 0 Å². The number of hydrogen-bond donors (Lipinski definition) is 1. The molecule has 0 aliphatic carbocycles. The van der Waals surface area contributed by atoms with Crippen molar-refractivity contribution in [2.45, 2.75) is 18.2 Å². The van der Waals surface area contributed by atoms with E-state index in [1.807, 2.05) is 6.92 Å². The van der Waals surface area contributed by atoms with Crippen LogP contribution in [0.2, 0.25) is 10.0 Å². The minimum Gasteiger partial charge on any atom is -0.490 e. The fraction of sp³-hybridized carbons (Fsp3) is 0.250. The van der Waals surface area contributed by atoms with Crippen LogP contribution in [0.15, 0.2) is 22.5 Å². The van der Waals surface area contributed by atoms with Crippen molar-refractivity contribution in [3.8, 4) is 5.75 Å². The molecule has 21 heavy (non-hydrogen) atoms. The van der Waals surface area contributed by atoms with E-state index in [1.165, 1.54) is 12.1 Å². The van der Waals surface area contributed by atoms with Crippen LogP contribution in [0.1, 0.15) is 10.6 Å². The van der Waals surface area contributed by atoms with Crippen LogP contribution in [0.3, 0.4) is 0 Å². The van der Waals surface area contributed by atoms with Crippen LogP contribution in [0.25, 0.3) is 0 Å². The zero-order valence-electron chi connectivity index (χ0n) is 11.0. The number of thiazole rings is 1. The summed E-state index contributed by atoms with van der Waals surface area (Å²) in [6, 6.07) is 2.44. The molecular formula is C12H12Cl2N2O3S2. The molecule has 114 valence electrons. The summed E-state index contributed by atoms with van der Waals surface area (Å²) in [5.74, 6) is 0.243. The number of nitrogens with zero attached hydrogens (tertiary/aromatic N) is 1. The van der Waals surface area contributed by atoms with Gasteiger partial charge >= 0.3 is 0 Å². The van der Waals surface area contributed by atoms with Crippen LogP contribution in [-0.4, -0.2) is 20.0 Å². The number of aromatic nitrogens is 1. The number of rotatable bonds is 5. The first kappa shape index (κ1) is 16.5. The Morgan fingerprint density at radius 1 is 1.33 bits per heavy atom. The average molecular weight is 367 g/mol. The molecule has 2 rings (SSSR count). The largest absolute Gasteiger partial charge is 0.490 e. The molecule has 0 amide bonds. The molecular weight excluding hydrogens is 355 g/mol. The number of nitrogens with two attached hydrogens (primary N) is 1. The standard InChI is InChI=1S/C12H12Cl2N2O3S2/c1-7-11(20-6-16-7)2-3-19-12-9(13)4-8(5-10(12)14)21(15,17)18/h4-6H,2-3H2,1H3,(H2,15,17,18). The second kappa shape index (κ2) is 6.50. The van der Waals surface area contributed by atoms with E-state index in [1.54, 1.807) is 16.8 Å². The fourth-order valence-electron chi connectivity index (χ4n) is 1.65. The van der Waals surface area contributed by atoms with Gasteiger partial charge in [-0.3, -0.25) is 0 Å². The van der Waals surface area contributed by atoms with Crippen LogP contribution >= 0.6 is 34.5 Å². The number of sulfonamides is 1. The maximum absolute atomic E-state index is 11.3. The number of ether oxygens (including phenoxy) is 1. The summed E-state index contributed by atoms with van der Waals surface area (Å²) in [6.45, 7) is 2.28. The van der Waals surface area contributed by atoms with Crippen molar-refractivity contribution < 1.29 is 13.2 Å². The van der Waals surface area contributed by atoms with Crippen LogP contribution in [0.4, 0.5) is 0 Å². The molecule has 0 spiro atoms. The molecule has 0 fully saturated rings. The first-order valence-electron chi connectivity index (χ1n) is 5.82. The summed E-state index contributed by atoms with van der Waals surface area (Å²) in [5.41, 5.74) is 2.73.